The molecule has 5 rings (SSSR count). The van der Waals surface area contributed by atoms with E-state index < -0.39 is 0 Å². The number of methoxy groups -OCH3 is 1. The molecule has 0 N–H and O–H groups in total. The lowest BCUT2D eigenvalue weighted by Gasteiger charge is -2.22. The summed E-state index contributed by atoms with van der Waals surface area (Å²) in [7, 11) is 1.65. The van der Waals surface area contributed by atoms with Crippen LogP contribution in [0.25, 0.3) is 11.3 Å². The smallest absolute Gasteiger partial charge is 0.351 e. The van der Waals surface area contributed by atoms with Crippen LogP contribution < -0.4 is 19.9 Å². The first-order valence-corrected chi connectivity index (χ1v) is 11.3. The molecule has 172 valence electrons. The molecule has 0 saturated carbocycles. The standard InChI is InChI=1S/C28H26N2O4/c1-18-5-4-6-23(13-18)34-24-8-7-21(19(2)14-24)17-33-27-16-26-25-10-9-22(32-3)15-20(25)11-12-30(26)28(31)29-27/h4-10,13-16H,11-12,17H2,1-3H3. The summed E-state index contributed by atoms with van der Waals surface area (Å²) in [6, 6.07) is 21.6. The molecule has 0 aliphatic carbocycles. The molecule has 0 fully saturated rings. The first kappa shape index (κ1) is 21.8. The second kappa shape index (κ2) is 9.06. The van der Waals surface area contributed by atoms with Crippen molar-refractivity contribution in [2.75, 3.05) is 7.11 Å². The average molecular weight is 455 g/mol. The van der Waals surface area contributed by atoms with Crippen LogP contribution in [0.4, 0.5) is 0 Å². The van der Waals surface area contributed by atoms with Crippen LogP contribution in [-0.2, 0) is 19.6 Å². The van der Waals surface area contributed by atoms with Crippen LogP contribution in [0, 0.1) is 13.8 Å². The summed E-state index contributed by atoms with van der Waals surface area (Å²) in [4.78, 5) is 16.8. The Kier molecular flexibility index (Phi) is 5.80. The molecule has 0 atom stereocenters. The molecular formula is C28H26N2O4. The highest BCUT2D eigenvalue weighted by Gasteiger charge is 2.19. The maximum absolute atomic E-state index is 12.7. The lowest BCUT2D eigenvalue weighted by atomic mass is 9.97. The Morgan fingerprint density at radius 3 is 2.56 bits per heavy atom. The van der Waals surface area contributed by atoms with Crippen LogP contribution in [0.3, 0.4) is 0 Å². The largest absolute Gasteiger partial charge is 0.497 e. The van der Waals surface area contributed by atoms with E-state index in [1.54, 1.807) is 11.7 Å². The van der Waals surface area contributed by atoms with E-state index in [2.05, 4.69) is 4.98 Å². The molecule has 0 unspecified atom stereocenters. The minimum Gasteiger partial charge on any atom is -0.497 e. The van der Waals surface area contributed by atoms with E-state index in [-0.39, 0.29) is 5.69 Å². The zero-order valence-corrected chi connectivity index (χ0v) is 19.5. The van der Waals surface area contributed by atoms with Crippen molar-refractivity contribution in [3.63, 3.8) is 0 Å². The van der Waals surface area contributed by atoms with E-state index in [1.807, 2.05) is 80.6 Å². The van der Waals surface area contributed by atoms with Gasteiger partial charge >= 0.3 is 5.69 Å². The van der Waals surface area contributed by atoms with Crippen LogP contribution in [0.15, 0.2) is 71.5 Å². The van der Waals surface area contributed by atoms with Gasteiger partial charge in [0.15, 0.2) is 0 Å². The fraction of sp³-hybridized carbons (Fsp3) is 0.214. The summed E-state index contributed by atoms with van der Waals surface area (Å²) in [5.41, 5.74) is 5.86. The van der Waals surface area contributed by atoms with Crippen molar-refractivity contribution < 1.29 is 14.2 Å². The number of fused-ring (bicyclic) bond motifs is 3. The number of nitrogens with zero attached hydrogens (tertiary/aromatic N) is 2. The zero-order chi connectivity index (χ0) is 23.7. The Bertz CT molecular complexity index is 1420. The summed E-state index contributed by atoms with van der Waals surface area (Å²) >= 11 is 0. The Morgan fingerprint density at radius 2 is 1.76 bits per heavy atom. The molecule has 34 heavy (non-hydrogen) atoms. The van der Waals surface area contributed by atoms with Crippen LogP contribution in [-0.4, -0.2) is 16.7 Å². The summed E-state index contributed by atoms with van der Waals surface area (Å²) in [5, 5.41) is 0. The van der Waals surface area contributed by atoms with Crippen molar-refractivity contribution in [2.45, 2.75) is 33.4 Å². The summed E-state index contributed by atoms with van der Waals surface area (Å²) < 4.78 is 19.0. The summed E-state index contributed by atoms with van der Waals surface area (Å²) in [6.45, 7) is 4.94. The normalized spacial score (nSPS) is 12.0. The molecule has 0 radical (unpaired) electrons. The van der Waals surface area contributed by atoms with Gasteiger partial charge < -0.3 is 14.2 Å². The van der Waals surface area contributed by atoms with Gasteiger partial charge in [-0.25, -0.2) is 4.79 Å². The summed E-state index contributed by atoms with van der Waals surface area (Å²) in [5.74, 6) is 2.70. The number of benzene rings is 3. The van der Waals surface area contributed by atoms with E-state index in [1.165, 1.54) is 0 Å². The van der Waals surface area contributed by atoms with Crippen molar-refractivity contribution in [2.24, 2.45) is 0 Å². The molecule has 0 amide bonds. The third-order valence-electron chi connectivity index (χ3n) is 6.10. The van der Waals surface area contributed by atoms with E-state index in [4.69, 9.17) is 14.2 Å². The van der Waals surface area contributed by atoms with Gasteiger partial charge in [-0.2, -0.15) is 4.98 Å². The van der Waals surface area contributed by atoms with E-state index in [0.717, 1.165) is 57.2 Å². The Labute approximate surface area is 198 Å². The Balaban J connectivity index is 1.35. The SMILES string of the molecule is COc1ccc2c(c1)CCn1c-2cc(OCc2ccc(Oc3cccc(C)c3)cc2C)nc1=O. The fourth-order valence-electron chi connectivity index (χ4n) is 4.24. The number of rotatable bonds is 6. The maximum atomic E-state index is 12.7. The van der Waals surface area contributed by atoms with Gasteiger partial charge in [0.25, 0.3) is 0 Å². The third-order valence-corrected chi connectivity index (χ3v) is 6.10. The third kappa shape index (κ3) is 4.39. The number of aromatic nitrogens is 2. The highest BCUT2D eigenvalue weighted by Crippen LogP contribution is 2.32. The van der Waals surface area contributed by atoms with Crippen molar-refractivity contribution in [1.29, 1.82) is 0 Å². The predicted octanol–water partition coefficient (Wildman–Crippen LogP) is 5.46. The van der Waals surface area contributed by atoms with Gasteiger partial charge in [0.1, 0.15) is 23.9 Å². The minimum atomic E-state index is -0.299. The second-order valence-electron chi connectivity index (χ2n) is 8.48. The van der Waals surface area contributed by atoms with Crippen LogP contribution >= 0.6 is 0 Å². The zero-order valence-electron chi connectivity index (χ0n) is 19.5. The molecule has 0 spiro atoms. The lowest BCUT2D eigenvalue weighted by Crippen LogP contribution is -2.28. The molecule has 0 saturated heterocycles. The molecule has 4 aromatic rings. The van der Waals surface area contributed by atoms with E-state index in [9.17, 15) is 4.79 Å². The van der Waals surface area contributed by atoms with Gasteiger partial charge in [0.2, 0.25) is 5.88 Å². The van der Waals surface area contributed by atoms with E-state index in [0.29, 0.717) is 19.0 Å². The molecule has 1 aliphatic rings. The fourth-order valence-corrected chi connectivity index (χ4v) is 4.24. The van der Waals surface area contributed by atoms with Crippen LogP contribution in [0.1, 0.15) is 22.3 Å². The van der Waals surface area contributed by atoms with Gasteiger partial charge in [-0.1, -0.05) is 18.2 Å². The quantitative estimate of drug-likeness (QED) is 0.387. The van der Waals surface area contributed by atoms with Crippen LogP contribution in [0.5, 0.6) is 23.1 Å². The maximum Gasteiger partial charge on any atom is 0.351 e. The minimum absolute atomic E-state index is 0.299. The molecule has 0 bridgehead atoms. The van der Waals surface area contributed by atoms with E-state index >= 15 is 0 Å². The summed E-state index contributed by atoms with van der Waals surface area (Å²) in [6.07, 6.45) is 0.761. The van der Waals surface area contributed by atoms with Gasteiger partial charge in [0.05, 0.1) is 12.8 Å². The highest BCUT2D eigenvalue weighted by molar-refractivity contribution is 5.67. The number of ether oxygens (including phenoxy) is 3. The molecule has 6 nitrogen and oxygen atoms in total. The van der Waals surface area contributed by atoms with Gasteiger partial charge in [-0.15, -0.1) is 0 Å². The molecule has 3 aromatic carbocycles. The second-order valence-corrected chi connectivity index (χ2v) is 8.48. The van der Waals surface area contributed by atoms with Gasteiger partial charge in [0, 0.05) is 18.2 Å². The molecule has 1 aromatic heterocycles. The first-order valence-electron chi connectivity index (χ1n) is 11.3. The average Bonchev–Trinajstić information content (AvgIpc) is 2.83. The predicted molar refractivity (Wildman–Crippen MR) is 131 cm³/mol. The van der Waals surface area contributed by atoms with Gasteiger partial charge in [-0.3, -0.25) is 4.57 Å². The van der Waals surface area contributed by atoms with Crippen molar-refractivity contribution in [3.8, 4) is 34.4 Å². The lowest BCUT2D eigenvalue weighted by molar-refractivity contribution is 0.290. The topological polar surface area (TPSA) is 62.6 Å². The monoisotopic (exact) mass is 454 g/mol. The molecule has 1 aliphatic heterocycles. The number of hydrogen-bond donors (Lipinski definition) is 0. The van der Waals surface area contributed by atoms with Crippen molar-refractivity contribution >= 4 is 0 Å². The van der Waals surface area contributed by atoms with Gasteiger partial charge in [-0.05, 0) is 85.0 Å². The number of aryl methyl sites for hydroxylation is 3. The molecule has 2 heterocycles. The van der Waals surface area contributed by atoms with Crippen molar-refractivity contribution in [1.82, 2.24) is 9.55 Å². The Morgan fingerprint density at radius 1 is 0.941 bits per heavy atom. The van der Waals surface area contributed by atoms with Crippen molar-refractivity contribution in [3.05, 3.63) is 99.5 Å². The first-order chi connectivity index (χ1) is 16.5. The van der Waals surface area contributed by atoms with Crippen LogP contribution in [0.2, 0.25) is 0 Å². The Hall–Kier alpha value is -4.06. The molecular weight excluding hydrogens is 428 g/mol. The molecule has 6 heteroatoms. The highest BCUT2D eigenvalue weighted by atomic mass is 16.5. The number of hydrogen-bond acceptors (Lipinski definition) is 5.